The van der Waals surface area contributed by atoms with E-state index >= 15 is 0 Å². The Morgan fingerprint density at radius 2 is 2.38 bits per heavy atom. The van der Waals surface area contributed by atoms with Crippen LogP contribution in [0, 0.1) is 0 Å². The number of rotatable bonds is 1. The molecule has 86 valence electrons. The van der Waals surface area contributed by atoms with E-state index in [1.54, 1.807) is 6.33 Å². The second-order valence-electron chi connectivity index (χ2n) is 4.30. The molecule has 1 saturated carbocycles. The minimum atomic E-state index is 0.399. The zero-order valence-corrected chi connectivity index (χ0v) is 10.6. The Hall–Kier alpha value is -0.680. The topological polar surface area (TPSA) is 38.2 Å². The highest BCUT2D eigenvalue weighted by atomic mass is 79.9. The van der Waals surface area contributed by atoms with Gasteiger partial charge < -0.3 is 9.64 Å². The molecule has 0 radical (unpaired) electrons. The predicted octanol–water partition coefficient (Wildman–Crippen LogP) is 2.00. The lowest BCUT2D eigenvalue weighted by Gasteiger charge is -2.38. The monoisotopic (exact) mass is 283 g/mol. The SMILES string of the molecule is Brc1cncnc1N1CCOC2CCCC21. The molecule has 3 rings (SSSR count). The van der Waals surface area contributed by atoms with E-state index in [0.717, 1.165) is 23.4 Å². The maximum Gasteiger partial charge on any atom is 0.146 e. The number of nitrogens with zero attached hydrogens (tertiary/aromatic N) is 3. The maximum absolute atomic E-state index is 5.79. The summed E-state index contributed by atoms with van der Waals surface area (Å²) in [5, 5.41) is 0. The summed E-state index contributed by atoms with van der Waals surface area (Å²) in [7, 11) is 0. The number of fused-ring (bicyclic) bond motifs is 1. The highest BCUT2D eigenvalue weighted by Crippen LogP contribution is 2.34. The maximum atomic E-state index is 5.79. The molecule has 0 amide bonds. The van der Waals surface area contributed by atoms with E-state index in [4.69, 9.17) is 4.74 Å². The van der Waals surface area contributed by atoms with Gasteiger partial charge in [-0.15, -0.1) is 0 Å². The summed E-state index contributed by atoms with van der Waals surface area (Å²) < 4.78 is 6.77. The van der Waals surface area contributed by atoms with Gasteiger partial charge in [0.25, 0.3) is 0 Å². The normalized spacial score (nSPS) is 29.2. The van der Waals surface area contributed by atoms with E-state index < -0.39 is 0 Å². The third-order valence-electron chi connectivity index (χ3n) is 3.40. The number of aromatic nitrogens is 2. The van der Waals surface area contributed by atoms with Crippen LogP contribution >= 0.6 is 15.9 Å². The van der Waals surface area contributed by atoms with E-state index in [-0.39, 0.29) is 0 Å². The van der Waals surface area contributed by atoms with E-state index in [9.17, 15) is 0 Å². The van der Waals surface area contributed by atoms with Gasteiger partial charge in [0.1, 0.15) is 12.1 Å². The van der Waals surface area contributed by atoms with Crippen LogP contribution in [0.1, 0.15) is 19.3 Å². The highest BCUT2D eigenvalue weighted by molar-refractivity contribution is 9.10. The average molecular weight is 284 g/mol. The number of ether oxygens (including phenoxy) is 1. The van der Waals surface area contributed by atoms with Crippen LogP contribution in [-0.4, -0.2) is 35.3 Å². The van der Waals surface area contributed by atoms with Gasteiger partial charge in [0, 0.05) is 12.7 Å². The van der Waals surface area contributed by atoms with Crippen LogP contribution in [0.2, 0.25) is 0 Å². The fourth-order valence-electron chi connectivity index (χ4n) is 2.71. The second kappa shape index (κ2) is 4.30. The molecule has 2 atom stereocenters. The smallest absolute Gasteiger partial charge is 0.146 e. The highest BCUT2D eigenvalue weighted by Gasteiger charge is 2.37. The molecule has 1 saturated heterocycles. The number of hydrogen-bond acceptors (Lipinski definition) is 4. The largest absolute Gasteiger partial charge is 0.374 e. The van der Waals surface area contributed by atoms with Gasteiger partial charge in [0.05, 0.1) is 23.2 Å². The lowest BCUT2D eigenvalue weighted by atomic mass is 10.1. The van der Waals surface area contributed by atoms with Crippen molar-refractivity contribution < 1.29 is 4.74 Å². The fraction of sp³-hybridized carbons (Fsp3) is 0.636. The van der Waals surface area contributed by atoms with Crippen molar-refractivity contribution in [3.63, 3.8) is 0 Å². The van der Waals surface area contributed by atoms with Gasteiger partial charge in [-0.05, 0) is 35.2 Å². The molecule has 1 aromatic heterocycles. The molecule has 2 unspecified atom stereocenters. The Bertz CT molecular complexity index is 387. The lowest BCUT2D eigenvalue weighted by Crippen LogP contribution is -2.49. The molecule has 0 spiro atoms. The van der Waals surface area contributed by atoms with E-state index in [2.05, 4.69) is 30.8 Å². The first-order valence-corrected chi connectivity index (χ1v) is 6.49. The Morgan fingerprint density at radius 3 is 3.25 bits per heavy atom. The van der Waals surface area contributed by atoms with Gasteiger partial charge in [-0.25, -0.2) is 9.97 Å². The summed E-state index contributed by atoms with van der Waals surface area (Å²) in [6, 6.07) is 0.500. The molecular weight excluding hydrogens is 270 g/mol. The molecule has 1 aliphatic carbocycles. The molecule has 1 aromatic rings. The lowest BCUT2D eigenvalue weighted by molar-refractivity contribution is 0.0252. The summed E-state index contributed by atoms with van der Waals surface area (Å²) in [5.74, 6) is 1.01. The first-order valence-electron chi connectivity index (χ1n) is 5.70. The fourth-order valence-corrected chi connectivity index (χ4v) is 3.15. The van der Waals surface area contributed by atoms with Crippen molar-refractivity contribution in [1.82, 2.24) is 9.97 Å². The van der Waals surface area contributed by atoms with Gasteiger partial charge in [-0.1, -0.05) is 0 Å². The van der Waals surface area contributed by atoms with Crippen molar-refractivity contribution in [3.8, 4) is 0 Å². The third kappa shape index (κ3) is 1.72. The minimum absolute atomic E-state index is 0.399. The summed E-state index contributed by atoms with van der Waals surface area (Å²) in [6.07, 6.45) is 7.47. The van der Waals surface area contributed by atoms with Crippen molar-refractivity contribution in [2.24, 2.45) is 0 Å². The number of halogens is 1. The van der Waals surface area contributed by atoms with Crippen LogP contribution in [0.3, 0.4) is 0 Å². The molecule has 0 N–H and O–H groups in total. The minimum Gasteiger partial charge on any atom is -0.374 e. The molecule has 1 aliphatic heterocycles. The summed E-state index contributed by atoms with van der Waals surface area (Å²) in [6.45, 7) is 1.73. The molecule has 0 aromatic carbocycles. The standard InChI is InChI=1S/C11H14BrN3O/c12-8-6-13-7-14-11(8)15-4-5-16-10-3-1-2-9(10)15/h6-7,9-10H,1-5H2. The van der Waals surface area contributed by atoms with E-state index in [1.165, 1.54) is 19.3 Å². The Morgan fingerprint density at radius 1 is 1.44 bits per heavy atom. The Balaban J connectivity index is 1.91. The van der Waals surface area contributed by atoms with Gasteiger partial charge in [0.15, 0.2) is 0 Å². The third-order valence-corrected chi connectivity index (χ3v) is 3.96. The van der Waals surface area contributed by atoms with Crippen LogP contribution in [0.25, 0.3) is 0 Å². The van der Waals surface area contributed by atoms with Crippen molar-refractivity contribution in [2.45, 2.75) is 31.4 Å². The summed E-state index contributed by atoms with van der Waals surface area (Å²) in [4.78, 5) is 10.8. The molecule has 2 heterocycles. The van der Waals surface area contributed by atoms with Crippen molar-refractivity contribution in [3.05, 3.63) is 17.0 Å². The zero-order valence-electron chi connectivity index (χ0n) is 8.97. The van der Waals surface area contributed by atoms with Gasteiger partial charge >= 0.3 is 0 Å². The van der Waals surface area contributed by atoms with Gasteiger partial charge in [0.2, 0.25) is 0 Å². The summed E-state index contributed by atoms with van der Waals surface area (Å²) in [5.41, 5.74) is 0. The molecular formula is C11H14BrN3O. The molecule has 16 heavy (non-hydrogen) atoms. The zero-order chi connectivity index (χ0) is 11.0. The summed E-state index contributed by atoms with van der Waals surface area (Å²) >= 11 is 3.52. The first-order chi connectivity index (χ1) is 7.86. The second-order valence-corrected chi connectivity index (χ2v) is 5.15. The average Bonchev–Trinajstić information content (AvgIpc) is 2.77. The van der Waals surface area contributed by atoms with Crippen molar-refractivity contribution >= 4 is 21.7 Å². The van der Waals surface area contributed by atoms with Crippen LogP contribution < -0.4 is 4.90 Å². The van der Waals surface area contributed by atoms with Crippen LogP contribution in [0.4, 0.5) is 5.82 Å². The van der Waals surface area contributed by atoms with Gasteiger partial charge in [-0.2, -0.15) is 0 Å². The Labute approximate surface area is 103 Å². The van der Waals surface area contributed by atoms with Crippen LogP contribution in [0.5, 0.6) is 0 Å². The number of morpholine rings is 1. The molecule has 2 aliphatic rings. The molecule has 4 nitrogen and oxygen atoms in total. The van der Waals surface area contributed by atoms with Crippen molar-refractivity contribution in [2.75, 3.05) is 18.1 Å². The van der Waals surface area contributed by atoms with Gasteiger partial charge in [-0.3, -0.25) is 0 Å². The van der Waals surface area contributed by atoms with E-state index in [1.807, 2.05) is 6.20 Å². The van der Waals surface area contributed by atoms with E-state index in [0.29, 0.717) is 12.1 Å². The molecule has 2 fully saturated rings. The van der Waals surface area contributed by atoms with Crippen LogP contribution in [-0.2, 0) is 4.74 Å². The predicted molar refractivity (Wildman–Crippen MR) is 64.5 cm³/mol. The number of hydrogen-bond donors (Lipinski definition) is 0. The molecule has 0 bridgehead atoms. The van der Waals surface area contributed by atoms with Crippen LogP contribution in [0.15, 0.2) is 17.0 Å². The molecule has 5 heteroatoms. The quantitative estimate of drug-likeness (QED) is 0.790. The Kier molecular flexibility index (Phi) is 2.81. The first kappa shape index (κ1) is 10.5. The van der Waals surface area contributed by atoms with Crippen molar-refractivity contribution in [1.29, 1.82) is 0 Å². The number of anilines is 1.